The van der Waals surface area contributed by atoms with Gasteiger partial charge >= 0.3 is 5.97 Å². The van der Waals surface area contributed by atoms with Crippen LogP contribution in [0.15, 0.2) is 18.2 Å². The summed E-state index contributed by atoms with van der Waals surface area (Å²) in [6, 6.07) is 3.33. The van der Waals surface area contributed by atoms with E-state index in [-0.39, 0.29) is 0 Å². The average Bonchev–Trinajstić information content (AvgIpc) is 2.35. The van der Waals surface area contributed by atoms with Crippen LogP contribution in [0.5, 0.6) is 11.6 Å². The van der Waals surface area contributed by atoms with E-state index >= 15 is 0 Å². The van der Waals surface area contributed by atoms with Crippen molar-refractivity contribution in [2.24, 2.45) is 0 Å². The van der Waals surface area contributed by atoms with E-state index in [0.29, 0.717) is 17.3 Å². The quantitative estimate of drug-likeness (QED) is 0.568. The number of methoxy groups -OCH3 is 3. The SMILES string of the molecule is COC(=O)C=Cc1cc(OC)cc(OC)n1. The zero-order valence-electron chi connectivity index (χ0n) is 9.39. The van der Waals surface area contributed by atoms with Crippen molar-refractivity contribution in [3.05, 3.63) is 23.9 Å². The van der Waals surface area contributed by atoms with Gasteiger partial charge in [0.15, 0.2) is 0 Å². The smallest absolute Gasteiger partial charge is 0.330 e. The minimum absolute atomic E-state index is 0.420. The fraction of sp³-hybridized carbons (Fsp3) is 0.273. The fourth-order valence-electron chi connectivity index (χ4n) is 1.03. The predicted molar refractivity (Wildman–Crippen MR) is 58.4 cm³/mol. The van der Waals surface area contributed by atoms with Gasteiger partial charge in [-0.1, -0.05) is 0 Å². The number of nitrogens with zero attached hydrogens (tertiary/aromatic N) is 1. The molecule has 1 aromatic rings. The maximum absolute atomic E-state index is 10.9. The van der Waals surface area contributed by atoms with Gasteiger partial charge in [0.1, 0.15) is 5.75 Å². The largest absolute Gasteiger partial charge is 0.496 e. The summed E-state index contributed by atoms with van der Waals surface area (Å²) in [4.78, 5) is 15.0. The number of hydrogen-bond acceptors (Lipinski definition) is 5. The van der Waals surface area contributed by atoms with Crippen molar-refractivity contribution in [2.45, 2.75) is 0 Å². The fourth-order valence-corrected chi connectivity index (χ4v) is 1.03. The molecule has 0 aliphatic heterocycles. The van der Waals surface area contributed by atoms with Gasteiger partial charge < -0.3 is 14.2 Å². The Labute approximate surface area is 93.7 Å². The first-order valence-electron chi connectivity index (χ1n) is 4.55. The Morgan fingerprint density at radius 2 is 2.00 bits per heavy atom. The van der Waals surface area contributed by atoms with Gasteiger partial charge in [-0.2, -0.15) is 0 Å². The molecule has 5 heteroatoms. The number of esters is 1. The van der Waals surface area contributed by atoms with Crippen molar-refractivity contribution >= 4 is 12.0 Å². The molecule has 0 saturated carbocycles. The number of pyridine rings is 1. The molecule has 0 unspecified atom stereocenters. The van der Waals surface area contributed by atoms with Crippen LogP contribution in [0.4, 0.5) is 0 Å². The molecule has 0 aliphatic rings. The van der Waals surface area contributed by atoms with Gasteiger partial charge in [-0.3, -0.25) is 0 Å². The zero-order valence-corrected chi connectivity index (χ0v) is 9.39. The van der Waals surface area contributed by atoms with Crippen LogP contribution in [-0.4, -0.2) is 32.3 Å². The topological polar surface area (TPSA) is 57.7 Å². The van der Waals surface area contributed by atoms with Crippen LogP contribution in [-0.2, 0) is 9.53 Å². The molecule has 0 amide bonds. The second-order valence-electron chi connectivity index (χ2n) is 2.83. The highest BCUT2D eigenvalue weighted by Gasteiger charge is 2.01. The second kappa shape index (κ2) is 5.75. The molecule has 0 atom stereocenters. The minimum atomic E-state index is -0.441. The molecule has 0 aromatic carbocycles. The van der Waals surface area contributed by atoms with Gasteiger partial charge in [0.05, 0.1) is 27.0 Å². The molecule has 1 aromatic heterocycles. The van der Waals surface area contributed by atoms with Gasteiger partial charge in [0, 0.05) is 18.2 Å². The highest BCUT2D eigenvalue weighted by Crippen LogP contribution is 2.19. The van der Waals surface area contributed by atoms with Gasteiger partial charge in [-0.05, 0) is 6.08 Å². The molecule has 1 heterocycles. The summed E-state index contributed by atoms with van der Waals surface area (Å²) in [6.45, 7) is 0. The molecule has 1 rings (SSSR count). The number of ether oxygens (including phenoxy) is 3. The first kappa shape index (κ1) is 12.0. The van der Waals surface area contributed by atoms with Crippen molar-refractivity contribution in [1.29, 1.82) is 0 Å². The van der Waals surface area contributed by atoms with E-state index in [1.165, 1.54) is 26.4 Å². The van der Waals surface area contributed by atoms with Crippen LogP contribution in [0.3, 0.4) is 0 Å². The molecule has 86 valence electrons. The van der Waals surface area contributed by atoms with Crippen LogP contribution in [0.25, 0.3) is 6.08 Å². The van der Waals surface area contributed by atoms with Crippen LogP contribution in [0.1, 0.15) is 5.69 Å². The first-order chi connectivity index (χ1) is 7.69. The maximum atomic E-state index is 10.9. The minimum Gasteiger partial charge on any atom is -0.496 e. The van der Waals surface area contributed by atoms with Crippen molar-refractivity contribution < 1.29 is 19.0 Å². The molecular formula is C11H13NO4. The van der Waals surface area contributed by atoms with E-state index in [9.17, 15) is 4.79 Å². The number of carbonyl (C=O) groups is 1. The van der Waals surface area contributed by atoms with Crippen LogP contribution < -0.4 is 9.47 Å². The first-order valence-corrected chi connectivity index (χ1v) is 4.55. The summed E-state index contributed by atoms with van der Waals surface area (Å²) in [7, 11) is 4.37. The second-order valence-corrected chi connectivity index (χ2v) is 2.83. The van der Waals surface area contributed by atoms with Crippen molar-refractivity contribution in [3.8, 4) is 11.6 Å². The summed E-state index contributed by atoms with van der Waals surface area (Å²) in [5.41, 5.74) is 0.557. The molecule has 0 radical (unpaired) electrons. The van der Waals surface area contributed by atoms with Crippen molar-refractivity contribution in [1.82, 2.24) is 4.98 Å². The summed E-state index contributed by atoms with van der Waals surface area (Å²) in [5, 5.41) is 0. The number of hydrogen-bond donors (Lipinski definition) is 0. The molecule has 0 spiro atoms. The van der Waals surface area contributed by atoms with Gasteiger partial charge in [-0.15, -0.1) is 0 Å². The monoisotopic (exact) mass is 223 g/mol. The van der Waals surface area contributed by atoms with E-state index in [1.807, 2.05) is 0 Å². The summed E-state index contributed by atoms with van der Waals surface area (Å²) in [5.74, 6) is 0.587. The lowest BCUT2D eigenvalue weighted by Gasteiger charge is -2.04. The number of carbonyl (C=O) groups excluding carboxylic acids is 1. The van der Waals surface area contributed by atoms with Crippen LogP contribution >= 0.6 is 0 Å². The third-order valence-electron chi connectivity index (χ3n) is 1.83. The van der Waals surface area contributed by atoms with Gasteiger partial charge in [-0.25, -0.2) is 9.78 Å². The average molecular weight is 223 g/mol. The maximum Gasteiger partial charge on any atom is 0.330 e. The molecule has 0 fully saturated rings. The molecule has 5 nitrogen and oxygen atoms in total. The van der Waals surface area contributed by atoms with E-state index in [2.05, 4.69) is 9.72 Å². The Balaban J connectivity index is 2.95. The van der Waals surface area contributed by atoms with Crippen molar-refractivity contribution in [2.75, 3.05) is 21.3 Å². The number of rotatable bonds is 4. The molecule has 0 aliphatic carbocycles. The molecule has 0 bridgehead atoms. The molecule has 16 heavy (non-hydrogen) atoms. The lowest BCUT2D eigenvalue weighted by molar-refractivity contribution is -0.134. The Hall–Kier alpha value is -2.04. The lowest BCUT2D eigenvalue weighted by atomic mass is 10.3. The standard InChI is InChI=1S/C11H13NO4/c1-14-9-6-8(4-5-11(13)16-3)12-10(7-9)15-2/h4-7H,1-3H3. The lowest BCUT2D eigenvalue weighted by Crippen LogP contribution is -1.95. The summed E-state index contributed by atoms with van der Waals surface area (Å²) < 4.78 is 14.5. The predicted octanol–water partition coefficient (Wildman–Crippen LogP) is 1.28. The van der Waals surface area contributed by atoms with E-state index in [1.54, 1.807) is 19.2 Å². The highest BCUT2D eigenvalue weighted by atomic mass is 16.5. The van der Waals surface area contributed by atoms with E-state index < -0.39 is 5.97 Å². The zero-order chi connectivity index (χ0) is 12.0. The van der Waals surface area contributed by atoms with Crippen molar-refractivity contribution in [3.63, 3.8) is 0 Å². The third kappa shape index (κ3) is 3.27. The van der Waals surface area contributed by atoms with Crippen LogP contribution in [0, 0.1) is 0 Å². The number of aromatic nitrogens is 1. The Morgan fingerprint density at radius 3 is 2.56 bits per heavy atom. The normalized spacial score (nSPS) is 10.2. The van der Waals surface area contributed by atoms with E-state index in [4.69, 9.17) is 9.47 Å². The Bertz CT molecular complexity index is 379. The molecular weight excluding hydrogens is 210 g/mol. The Morgan fingerprint density at radius 1 is 1.25 bits per heavy atom. The van der Waals surface area contributed by atoms with Crippen LogP contribution in [0.2, 0.25) is 0 Å². The van der Waals surface area contributed by atoms with E-state index in [0.717, 1.165) is 0 Å². The van der Waals surface area contributed by atoms with Gasteiger partial charge in [0.25, 0.3) is 0 Å². The summed E-state index contributed by atoms with van der Waals surface area (Å²) in [6.07, 6.45) is 2.80. The highest BCUT2D eigenvalue weighted by molar-refractivity contribution is 5.86. The molecule has 0 N–H and O–H groups in total. The third-order valence-corrected chi connectivity index (χ3v) is 1.83. The van der Waals surface area contributed by atoms with Gasteiger partial charge in [0.2, 0.25) is 5.88 Å². The summed E-state index contributed by atoms with van der Waals surface area (Å²) >= 11 is 0. The molecule has 0 saturated heterocycles. The Kier molecular flexibility index (Phi) is 4.32.